The Balaban J connectivity index is 1.59. The van der Waals surface area contributed by atoms with Crippen LogP contribution in [0.5, 0.6) is 23.0 Å². The second-order valence-corrected chi connectivity index (χ2v) is 8.65. The molecule has 0 unspecified atom stereocenters. The smallest absolute Gasteiger partial charge is 0.336 e. The number of hydrazone groups is 1. The fourth-order valence-corrected chi connectivity index (χ4v) is 3.65. The van der Waals surface area contributed by atoms with Gasteiger partial charge >= 0.3 is 5.97 Å². The zero-order valence-electron chi connectivity index (χ0n) is 21.4. The molecule has 0 aliphatic rings. The van der Waals surface area contributed by atoms with Gasteiger partial charge in [0, 0.05) is 21.7 Å². The summed E-state index contributed by atoms with van der Waals surface area (Å²) in [6.07, 6.45) is 4.28. The number of halogens is 1. The van der Waals surface area contributed by atoms with Crippen molar-refractivity contribution in [2.45, 2.75) is 0 Å². The van der Waals surface area contributed by atoms with Crippen molar-refractivity contribution < 1.29 is 33.3 Å². The molecule has 0 aromatic heterocycles. The molecule has 2 N–H and O–H groups in total. The number of hydrogen-bond donors (Lipinski definition) is 2. The van der Waals surface area contributed by atoms with E-state index in [0.29, 0.717) is 27.3 Å². The zero-order chi connectivity index (χ0) is 28.2. The molecule has 3 rings (SSSR count). The van der Waals surface area contributed by atoms with Crippen molar-refractivity contribution in [2.24, 2.45) is 5.10 Å². The Kier molecular flexibility index (Phi) is 10.6. The van der Waals surface area contributed by atoms with Gasteiger partial charge < -0.3 is 24.3 Å². The molecule has 10 nitrogen and oxygen atoms in total. The van der Waals surface area contributed by atoms with E-state index < -0.39 is 17.8 Å². The van der Waals surface area contributed by atoms with Crippen LogP contribution in [0.3, 0.4) is 0 Å². The van der Waals surface area contributed by atoms with Gasteiger partial charge in [0.15, 0.2) is 11.5 Å². The molecule has 0 aliphatic heterocycles. The summed E-state index contributed by atoms with van der Waals surface area (Å²) in [5, 5.41) is 6.41. The molecule has 0 atom stereocenters. The number of rotatable bonds is 11. The maximum atomic E-state index is 12.6. The van der Waals surface area contributed by atoms with Gasteiger partial charge in [0.05, 0.1) is 34.1 Å². The molecule has 11 heteroatoms. The molecule has 3 aromatic rings. The van der Waals surface area contributed by atoms with Crippen LogP contribution in [0, 0.1) is 0 Å². The van der Waals surface area contributed by atoms with Crippen molar-refractivity contribution in [3.05, 3.63) is 87.9 Å². The predicted octanol–water partition coefficient (Wildman–Crippen LogP) is 3.97. The average Bonchev–Trinajstić information content (AvgIpc) is 2.95. The fraction of sp³-hybridized carbons (Fsp3) is 0.143. The van der Waals surface area contributed by atoms with E-state index in [9.17, 15) is 14.4 Å². The van der Waals surface area contributed by atoms with Crippen molar-refractivity contribution >= 4 is 46.0 Å². The number of carbonyl (C=O) groups is 3. The number of methoxy groups -OCH3 is 3. The van der Waals surface area contributed by atoms with E-state index >= 15 is 0 Å². The molecule has 0 radical (unpaired) electrons. The Labute approximate surface area is 233 Å². The molecule has 0 saturated heterocycles. The van der Waals surface area contributed by atoms with E-state index in [1.54, 1.807) is 24.3 Å². The summed E-state index contributed by atoms with van der Waals surface area (Å²) >= 11 is 3.36. The topological polar surface area (TPSA) is 125 Å². The van der Waals surface area contributed by atoms with Crippen LogP contribution in [-0.4, -0.2) is 51.9 Å². The molecule has 0 fully saturated rings. The summed E-state index contributed by atoms with van der Waals surface area (Å²) in [4.78, 5) is 37.1. The van der Waals surface area contributed by atoms with E-state index in [1.165, 1.54) is 45.8 Å². The Hall–Kier alpha value is -4.64. The highest BCUT2D eigenvalue weighted by Crippen LogP contribution is 2.38. The van der Waals surface area contributed by atoms with Gasteiger partial charge in [-0.15, -0.1) is 0 Å². The SMILES string of the molecule is COc1cc(C(=O)NCC(=O)NN=Cc2cc(Br)ccc2OC(=O)C=Cc2ccccc2)cc(OC)c1OC. The summed E-state index contributed by atoms with van der Waals surface area (Å²) in [6.45, 7) is -0.350. The first-order chi connectivity index (χ1) is 18.8. The van der Waals surface area contributed by atoms with Gasteiger partial charge in [-0.2, -0.15) is 5.10 Å². The number of benzene rings is 3. The van der Waals surface area contributed by atoms with E-state index in [1.807, 2.05) is 30.3 Å². The molecular weight excluding hydrogens is 570 g/mol. The van der Waals surface area contributed by atoms with Crippen molar-refractivity contribution in [3.63, 3.8) is 0 Å². The van der Waals surface area contributed by atoms with Gasteiger partial charge in [-0.25, -0.2) is 10.2 Å². The van der Waals surface area contributed by atoms with Gasteiger partial charge in [0.25, 0.3) is 11.8 Å². The molecule has 3 aromatic carbocycles. The minimum Gasteiger partial charge on any atom is -0.493 e. The Bertz CT molecular complexity index is 1370. The van der Waals surface area contributed by atoms with Crippen LogP contribution in [0.15, 0.2) is 76.3 Å². The molecule has 2 amide bonds. The van der Waals surface area contributed by atoms with Gasteiger partial charge in [-0.05, 0) is 42.0 Å². The molecule has 0 heterocycles. The standard InChI is InChI=1S/C28H26BrN3O7/c1-36-23-14-19(15-24(37-2)27(23)38-3)28(35)30-17-25(33)32-31-16-20-13-21(29)10-11-22(20)39-26(34)12-9-18-7-5-4-6-8-18/h4-16H,17H2,1-3H3,(H,30,35)(H,32,33). The van der Waals surface area contributed by atoms with Crippen molar-refractivity contribution in [1.29, 1.82) is 0 Å². The maximum Gasteiger partial charge on any atom is 0.336 e. The molecular formula is C28H26BrN3O7. The van der Waals surface area contributed by atoms with Crippen LogP contribution in [0.25, 0.3) is 6.08 Å². The number of amides is 2. The number of nitrogens with one attached hydrogen (secondary N) is 2. The Morgan fingerprint density at radius 3 is 2.23 bits per heavy atom. The number of nitrogens with zero attached hydrogens (tertiary/aromatic N) is 1. The number of ether oxygens (including phenoxy) is 4. The molecule has 202 valence electrons. The van der Waals surface area contributed by atoms with E-state index in [0.717, 1.165) is 5.56 Å². The highest BCUT2D eigenvalue weighted by Gasteiger charge is 2.17. The van der Waals surface area contributed by atoms with Crippen LogP contribution in [0.4, 0.5) is 0 Å². The lowest BCUT2D eigenvalue weighted by atomic mass is 10.1. The van der Waals surface area contributed by atoms with Crippen LogP contribution in [-0.2, 0) is 9.59 Å². The second-order valence-electron chi connectivity index (χ2n) is 7.74. The van der Waals surface area contributed by atoms with E-state index in [2.05, 4.69) is 31.8 Å². The van der Waals surface area contributed by atoms with E-state index in [-0.39, 0.29) is 17.9 Å². The molecule has 0 aliphatic carbocycles. The first-order valence-corrected chi connectivity index (χ1v) is 12.3. The summed E-state index contributed by atoms with van der Waals surface area (Å²) in [5.41, 5.74) is 3.83. The maximum absolute atomic E-state index is 12.6. The van der Waals surface area contributed by atoms with Crippen LogP contribution >= 0.6 is 15.9 Å². The first-order valence-electron chi connectivity index (χ1n) is 11.5. The third-order valence-corrected chi connectivity index (χ3v) is 5.62. The summed E-state index contributed by atoms with van der Waals surface area (Å²) in [7, 11) is 4.32. The summed E-state index contributed by atoms with van der Waals surface area (Å²) in [6, 6.07) is 17.2. The third kappa shape index (κ3) is 8.44. The minimum atomic E-state index is -0.577. The van der Waals surface area contributed by atoms with Crippen molar-refractivity contribution in [2.75, 3.05) is 27.9 Å². The number of esters is 1. The minimum absolute atomic E-state index is 0.211. The fourth-order valence-electron chi connectivity index (χ4n) is 3.27. The normalized spacial score (nSPS) is 10.8. The quantitative estimate of drug-likeness (QED) is 0.113. The Morgan fingerprint density at radius 2 is 1.59 bits per heavy atom. The van der Waals surface area contributed by atoms with Gasteiger partial charge in [-0.3, -0.25) is 9.59 Å². The highest BCUT2D eigenvalue weighted by molar-refractivity contribution is 9.10. The highest BCUT2D eigenvalue weighted by atomic mass is 79.9. The van der Waals surface area contributed by atoms with Crippen molar-refractivity contribution in [1.82, 2.24) is 10.7 Å². The molecule has 0 spiro atoms. The molecule has 0 bridgehead atoms. The molecule has 0 saturated carbocycles. The lowest BCUT2D eigenvalue weighted by Crippen LogP contribution is -2.35. The lowest BCUT2D eigenvalue weighted by Gasteiger charge is -2.14. The zero-order valence-corrected chi connectivity index (χ0v) is 23.0. The summed E-state index contributed by atoms with van der Waals surface area (Å²) < 4.78 is 21.9. The van der Waals surface area contributed by atoms with Gasteiger partial charge in [-0.1, -0.05) is 46.3 Å². The van der Waals surface area contributed by atoms with Gasteiger partial charge in [0.2, 0.25) is 5.75 Å². The van der Waals surface area contributed by atoms with Crippen LogP contribution in [0.2, 0.25) is 0 Å². The Morgan fingerprint density at radius 1 is 0.897 bits per heavy atom. The average molecular weight is 596 g/mol. The monoisotopic (exact) mass is 595 g/mol. The number of carbonyl (C=O) groups excluding carboxylic acids is 3. The van der Waals surface area contributed by atoms with Crippen LogP contribution < -0.4 is 29.7 Å². The third-order valence-electron chi connectivity index (χ3n) is 5.12. The second kappa shape index (κ2) is 14.3. The lowest BCUT2D eigenvalue weighted by molar-refractivity contribution is -0.129. The first kappa shape index (κ1) is 28.9. The van der Waals surface area contributed by atoms with Crippen LogP contribution in [0.1, 0.15) is 21.5 Å². The van der Waals surface area contributed by atoms with Gasteiger partial charge in [0.1, 0.15) is 5.75 Å². The number of hydrogen-bond acceptors (Lipinski definition) is 8. The summed E-state index contributed by atoms with van der Waals surface area (Å²) in [5.74, 6) is -0.490. The predicted molar refractivity (Wildman–Crippen MR) is 149 cm³/mol. The van der Waals surface area contributed by atoms with Crippen molar-refractivity contribution in [3.8, 4) is 23.0 Å². The molecule has 39 heavy (non-hydrogen) atoms. The van der Waals surface area contributed by atoms with E-state index in [4.69, 9.17) is 18.9 Å². The largest absolute Gasteiger partial charge is 0.493 e.